The van der Waals surface area contributed by atoms with Crippen molar-refractivity contribution in [2.45, 2.75) is 44.7 Å². The Balaban J connectivity index is 1.57. The third kappa shape index (κ3) is 8.51. The molecule has 1 heterocycles. The Morgan fingerprint density at radius 1 is 0.809 bits per heavy atom. The second kappa shape index (κ2) is 15.2. The number of fused-ring (bicyclic) bond motifs is 1. The normalized spacial score (nSPS) is 13.1. The summed E-state index contributed by atoms with van der Waals surface area (Å²) >= 11 is 0. The van der Waals surface area contributed by atoms with Crippen LogP contribution >= 0.6 is 0 Å². The summed E-state index contributed by atoms with van der Waals surface area (Å²) in [6.45, 7) is 6.66. The van der Waals surface area contributed by atoms with Crippen LogP contribution in [0.15, 0.2) is 108 Å². The van der Waals surface area contributed by atoms with Crippen molar-refractivity contribution in [2.75, 3.05) is 30.6 Å². The number of nitrogens with zero attached hydrogens (tertiary/aromatic N) is 2. The van der Waals surface area contributed by atoms with E-state index in [4.69, 9.17) is 9.47 Å². The van der Waals surface area contributed by atoms with Gasteiger partial charge in [-0.25, -0.2) is 8.42 Å². The highest BCUT2D eigenvalue weighted by atomic mass is 32.2. The number of carbonyl (C=O) groups excluding carboxylic acids is 2. The molecule has 47 heavy (non-hydrogen) atoms. The Labute approximate surface area is 277 Å². The third-order valence-corrected chi connectivity index (χ3v) is 9.64. The van der Waals surface area contributed by atoms with E-state index >= 15 is 0 Å². The number of nitrogens with one attached hydrogen (secondary N) is 1. The van der Waals surface area contributed by atoms with Gasteiger partial charge >= 0.3 is 0 Å². The van der Waals surface area contributed by atoms with Crippen LogP contribution in [0.1, 0.15) is 30.5 Å². The van der Waals surface area contributed by atoms with Crippen molar-refractivity contribution in [1.29, 1.82) is 0 Å². The molecule has 1 aliphatic rings. The SMILES string of the molecule is Cc1ccc(CN(C(=O)CN(c2ccc3c(c2)OCCO3)S(=O)(=O)c2ccccc2)C(Cc2ccccc2)C(=O)NCC(C)C)cc1. The first-order valence-corrected chi connectivity index (χ1v) is 17.2. The Bertz CT molecular complexity index is 1760. The molecular formula is C37H41N3O6S. The van der Waals surface area contributed by atoms with Gasteiger partial charge in [0, 0.05) is 25.6 Å². The maximum Gasteiger partial charge on any atom is 0.264 e. The number of amides is 2. The summed E-state index contributed by atoms with van der Waals surface area (Å²) in [5, 5.41) is 3.01. The van der Waals surface area contributed by atoms with Crippen molar-refractivity contribution in [3.8, 4) is 11.5 Å². The number of benzene rings is 4. The van der Waals surface area contributed by atoms with E-state index in [2.05, 4.69) is 5.32 Å². The van der Waals surface area contributed by atoms with E-state index in [-0.39, 0.29) is 35.4 Å². The Morgan fingerprint density at radius 2 is 1.45 bits per heavy atom. The molecule has 0 aromatic heterocycles. The molecule has 4 aromatic rings. The lowest BCUT2D eigenvalue weighted by molar-refractivity contribution is -0.140. The summed E-state index contributed by atoms with van der Waals surface area (Å²) in [4.78, 5) is 30.1. The van der Waals surface area contributed by atoms with Crippen molar-refractivity contribution in [2.24, 2.45) is 5.92 Å². The molecule has 0 bridgehead atoms. The summed E-state index contributed by atoms with van der Waals surface area (Å²) in [7, 11) is -4.23. The molecule has 0 saturated heterocycles. The molecule has 246 valence electrons. The van der Waals surface area contributed by atoms with E-state index in [0.717, 1.165) is 21.0 Å². The third-order valence-electron chi connectivity index (χ3n) is 7.85. The molecule has 2 amide bonds. The van der Waals surface area contributed by atoms with Gasteiger partial charge in [0.05, 0.1) is 10.6 Å². The first kappa shape index (κ1) is 33.5. The van der Waals surface area contributed by atoms with Gasteiger partial charge in [-0.1, -0.05) is 92.2 Å². The van der Waals surface area contributed by atoms with Crippen LogP contribution < -0.4 is 19.1 Å². The fraction of sp³-hybridized carbons (Fsp3) is 0.297. The van der Waals surface area contributed by atoms with Gasteiger partial charge in [-0.2, -0.15) is 0 Å². The van der Waals surface area contributed by atoms with Crippen LogP contribution in [0.4, 0.5) is 5.69 Å². The number of ether oxygens (including phenoxy) is 2. The smallest absolute Gasteiger partial charge is 0.264 e. The second-order valence-electron chi connectivity index (χ2n) is 12.0. The van der Waals surface area contributed by atoms with E-state index in [0.29, 0.717) is 31.3 Å². The average Bonchev–Trinajstić information content (AvgIpc) is 3.09. The highest BCUT2D eigenvalue weighted by Crippen LogP contribution is 2.36. The van der Waals surface area contributed by atoms with E-state index < -0.39 is 28.5 Å². The van der Waals surface area contributed by atoms with Crippen LogP contribution in [0.5, 0.6) is 11.5 Å². The quantitative estimate of drug-likeness (QED) is 0.208. The van der Waals surface area contributed by atoms with Gasteiger partial charge in [-0.15, -0.1) is 0 Å². The van der Waals surface area contributed by atoms with E-state index in [1.54, 1.807) is 36.4 Å². The van der Waals surface area contributed by atoms with Gasteiger partial charge < -0.3 is 19.7 Å². The van der Waals surface area contributed by atoms with E-state index in [1.165, 1.54) is 17.0 Å². The van der Waals surface area contributed by atoms with Gasteiger partial charge in [0.25, 0.3) is 10.0 Å². The number of hydrogen-bond acceptors (Lipinski definition) is 6. The first-order valence-electron chi connectivity index (χ1n) is 15.8. The standard InChI is InChI=1S/C37H41N3O6S/c1-27(2)24-38-37(42)33(22-29-10-6-4-7-11-29)39(25-30-16-14-28(3)15-17-30)36(41)26-40(47(43,44)32-12-8-5-9-13-32)31-18-19-34-35(23-31)46-21-20-45-34/h4-19,23,27,33H,20-22,24-26H2,1-3H3,(H,38,42). The van der Waals surface area contributed by atoms with E-state index in [1.807, 2.05) is 75.4 Å². The zero-order valence-electron chi connectivity index (χ0n) is 27.0. The highest BCUT2D eigenvalue weighted by Gasteiger charge is 2.35. The number of carbonyl (C=O) groups is 2. The largest absolute Gasteiger partial charge is 0.486 e. The van der Waals surface area contributed by atoms with Crippen LogP contribution in [0.25, 0.3) is 0 Å². The lowest BCUT2D eigenvalue weighted by Gasteiger charge is -2.34. The molecule has 0 saturated carbocycles. The molecule has 0 radical (unpaired) electrons. The van der Waals surface area contributed by atoms with Crippen molar-refractivity contribution >= 4 is 27.5 Å². The summed E-state index contributed by atoms with van der Waals surface area (Å²) in [6.07, 6.45) is 0.248. The zero-order valence-corrected chi connectivity index (χ0v) is 27.8. The number of hydrogen-bond donors (Lipinski definition) is 1. The fourth-order valence-corrected chi connectivity index (χ4v) is 6.73. The molecular weight excluding hydrogens is 614 g/mol. The average molecular weight is 656 g/mol. The lowest BCUT2D eigenvalue weighted by atomic mass is 10.0. The number of sulfonamides is 1. The topological polar surface area (TPSA) is 105 Å². The maximum absolute atomic E-state index is 14.6. The Morgan fingerprint density at radius 3 is 2.11 bits per heavy atom. The van der Waals surface area contributed by atoms with Crippen molar-refractivity contribution in [3.05, 3.63) is 120 Å². The molecule has 9 nitrogen and oxygen atoms in total. The Kier molecular flexibility index (Phi) is 10.8. The Hall–Kier alpha value is -4.83. The molecule has 1 atom stereocenters. The second-order valence-corrected chi connectivity index (χ2v) is 13.9. The van der Waals surface area contributed by atoms with Crippen molar-refractivity contribution in [3.63, 3.8) is 0 Å². The fourth-order valence-electron chi connectivity index (χ4n) is 5.30. The number of aryl methyl sites for hydroxylation is 1. The summed E-state index contributed by atoms with van der Waals surface area (Å²) in [5.41, 5.74) is 2.99. The van der Waals surface area contributed by atoms with Gasteiger partial charge in [0.15, 0.2) is 11.5 Å². The van der Waals surface area contributed by atoms with Gasteiger partial charge in [-0.05, 0) is 48.2 Å². The van der Waals surface area contributed by atoms with Crippen molar-refractivity contribution < 1.29 is 27.5 Å². The van der Waals surface area contributed by atoms with Gasteiger partial charge in [0.2, 0.25) is 11.8 Å². The minimum atomic E-state index is -4.23. The number of rotatable bonds is 13. The minimum Gasteiger partial charge on any atom is -0.486 e. The molecule has 10 heteroatoms. The van der Waals surface area contributed by atoms with Gasteiger partial charge in [0.1, 0.15) is 25.8 Å². The van der Waals surface area contributed by atoms with Crippen LogP contribution in [0, 0.1) is 12.8 Å². The number of anilines is 1. The van der Waals surface area contributed by atoms with Crippen LogP contribution in [0.2, 0.25) is 0 Å². The molecule has 1 unspecified atom stereocenters. The van der Waals surface area contributed by atoms with Crippen LogP contribution in [-0.4, -0.2) is 57.5 Å². The zero-order chi connectivity index (χ0) is 33.4. The maximum atomic E-state index is 14.6. The summed E-state index contributed by atoms with van der Waals surface area (Å²) in [5.74, 6) is 0.245. The summed E-state index contributed by atoms with van der Waals surface area (Å²) in [6, 6.07) is 29.1. The minimum absolute atomic E-state index is 0.0308. The molecule has 0 fully saturated rings. The lowest BCUT2D eigenvalue weighted by Crippen LogP contribution is -2.53. The molecule has 1 aliphatic heterocycles. The molecule has 0 aliphatic carbocycles. The first-order chi connectivity index (χ1) is 22.6. The van der Waals surface area contributed by atoms with Crippen molar-refractivity contribution in [1.82, 2.24) is 10.2 Å². The predicted octanol–water partition coefficient (Wildman–Crippen LogP) is 5.37. The van der Waals surface area contributed by atoms with E-state index in [9.17, 15) is 18.0 Å². The molecule has 0 spiro atoms. The van der Waals surface area contributed by atoms with Crippen LogP contribution in [-0.2, 0) is 32.6 Å². The highest BCUT2D eigenvalue weighted by molar-refractivity contribution is 7.92. The van der Waals surface area contributed by atoms with Crippen LogP contribution in [0.3, 0.4) is 0 Å². The summed E-state index contributed by atoms with van der Waals surface area (Å²) < 4.78 is 41.0. The monoisotopic (exact) mass is 655 g/mol. The van der Waals surface area contributed by atoms with Gasteiger partial charge in [-0.3, -0.25) is 13.9 Å². The predicted molar refractivity (Wildman–Crippen MR) is 182 cm³/mol. The molecule has 5 rings (SSSR count). The molecule has 1 N–H and O–H groups in total. The molecule has 4 aromatic carbocycles.